The molecule has 0 atom stereocenters. The molecule has 0 amide bonds. The number of allylic oxidation sites excluding steroid dienone is 5. The quantitative estimate of drug-likeness (QED) is 0.392. The van der Waals surface area contributed by atoms with Gasteiger partial charge in [0.1, 0.15) is 22.9 Å². The Hall–Kier alpha value is -3.66. The molecule has 0 unspecified atom stereocenters. The average molecular weight is 425 g/mol. The lowest BCUT2D eigenvalue weighted by molar-refractivity contribution is 0.471. The molecule has 1 aliphatic carbocycles. The van der Waals surface area contributed by atoms with Gasteiger partial charge < -0.3 is 10.2 Å². The zero-order valence-electron chi connectivity index (χ0n) is 18.7. The highest BCUT2D eigenvalue weighted by molar-refractivity contribution is 5.96. The van der Waals surface area contributed by atoms with E-state index in [1.54, 1.807) is 12.1 Å². The Morgan fingerprint density at radius 3 is 2.41 bits per heavy atom. The zero-order chi connectivity index (χ0) is 22.7. The molecule has 0 aromatic heterocycles. The van der Waals surface area contributed by atoms with Crippen LogP contribution in [-0.2, 0) is 5.41 Å². The minimum absolute atomic E-state index is 0.0342. The molecule has 4 rings (SSSR count). The van der Waals surface area contributed by atoms with Crippen molar-refractivity contribution in [2.45, 2.75) is 32.6 Å². The van der Waals surface area contributed by atoms with Gasteiger partial charge in [-0.25, -0.2) is 0 Å². The first-order valence-electron chi connectivity index (χ1n) is 10.9. The van der Waals surface area contributed by atoms with E-state index in [0.717, 1.165) is 28.3 Å². The molecule has 0 saturated heterocycles. The summed E-state index contributed by atoms with van der Waals surface area (Å²) in [5, 5.41) is 31.1. The third kappa shape index (κ3) is 4.50. The maximum Gasteiger partial charge on any atom is 0.143 e. The summed E-state index contributed by atoms with van der Waals surface area (Å²) in [6, 6.07) is 14.9. The maximum absolute atomic E-state index is 10.4. The SMILES string of the molecule is CCC(C)(C)c1ccc(O)c(N=Nc2c(O)ccc3cc(/C=C/C4C=CC=C4)ccc23)c1. The Morgan fingerprint density at radius 1 is 0.906 bits per heavy atom. The van der Waals surface area contributed by atoms with Crippen LogP contribution in [0.1, 0.15) is 38.3 Å². The predicted octanol–water partition coefficient (Wildman–Crippen LogP) is 8.11. The summed E-state index contributed by atoms with van der Waals surface area (Å²) < 4.78 is 0. The molecule has 32 heavy (non-hydrogen) atoms. The van der Waals surface area contributed by atoms with Crippen LogP contribution in [0.25, 0.3) is 16.8 Å². The maximum atomic E-state index is 10.4. The van der Waals surface area contributed by atoms with Crippen molar-refractivity contribution in [1.82, 2.24) is 0 Å². The molecule has 1 aliphatic rings. The van der Waals surface area contributed by atoms with Gasteiger partial charge in [0.2, 0.25) is 0 Å². The molecule has 0 spiro atoms. The van der Waals surface area contributed by atoms with Crippen LogP contribution in [0.3, 0.4) is 0 Å². The second-order valence-corrected chi connectivity index (χ2v) is 8.76. The molecule has 0 saturated carbocycles. The first kappa shape index (κ1) is 21.6. The van der Waals surface area contributed by atoms with Crippen molar-refractivity contribution >= 4 is 28.2 Å². The van der Waals surface area contributed by atoms with Crippen molar-refractivity contribution in [2.75, 3.05) is 0 Å². The van der Waals surface area contributed by atoms with Gasteiger partial charge in [-0.15, -0.1) is 10.2 Å². The van der Waals surface area contributed by atoms with E-state index in [4.69, 9.17) is 0 Å². The number of azo groups is 1. The fourth-order valence-corrected chi connectivity index (χ4v) is 3.66. The van der Waals surface area contributed by atoms with E-state index >= 15 is 0 Å². The first-order valence-corrected chi connectivity index (χ1v) is 10.9. The summed E-state index contributed by atoms with van der Waals surface area (Å²) in [5.74, 6) is 0.442. The lowest BCUT2D eigenvalue weighted by Gasteiger charge is -2.23. The number of nitrogens with zero attached hydrogens (tertiary/aromatic N) is 2. The normalized spacial score (nSPS) is 14.5. The molecule has 3 aromatic carbocycles. The van der Waals surface area contributed by atoms with Crippen molar-refractivity contribution < 1.29 is 10.2 Å². The van der Waals surface area contributed by atoms with E-state index in [9.17, 15) is 10.2 Å². The van der Waals surface area contributed by atoms with E-state index in [-0.39, 0.29) is 16.9 Å². The van der Waals surface area contributed by atoms with Crippen LogP contribution in [0.2, 0.25) is 0 Å². The van der Waals surface area contributed by atoms with Gasteiger partial charge in [0.25, 0.3) is 0 Å². The number of phenols is 2. The van der Waals surface area contributed by atoms with Gasteiger partial charge >= 0.3 is 0 Å². The minimum Gasteiger partial charge on any atom is -0.506 e. The van der Waals surface area contributed by atoms with Gasteiger partial charge in [0.05, 0.1) is 0 Å². The summed E-state index contributed by atoms with van der Waals surface area (Å²) in [6.45, 7) is 6.44. The highest BCUT2D eigenvalue weighted by Gasteiger charge is 2.19. The predicted molar refractivity (Wildman–Crippen MR) is 132 cm³/mol. The molecule has 0 bridgehead atoms. The van der Waals surface area contributed by atoms with Crippen molar-refractivity contribution in [3.63, 3.8) is 0 Å². The lowest BCUT2D eigenvalue weighted by atomic mass is 9.82. The van der Waals surface area contributed by atoms with Gasteiger partial charge in [-0.3, -0.25) is 0 Å². The van der Waals surface area contributed by atoms with Crippen molar-refractivity contribution in [1.29, 1.82) is 0 Å². The lowest BCUT2D eigenvalue weighted by Crippen LogP contribution is -2.14. The fourth-order valence-electron chi connectivity index (χ4n) is 3.66. The van der Waals surface area contributed by atoms with Crippen LogP contribution in [0, 0.1) is 5.92 Å². The number of fused-ring (bicyclic) bond motifs is 1. The number of aromatic hydroxyl groups is 2. The molecule has 2 N–H and O–H groups in total. The van der Waals surface area contributed by atoms with Gasteiger partial charge in [0, 0.05) is 11.3 Å². The highest BCUT2D eigenvalue weighted by Crippen LogP contribution is 2.39. The number of hydrogen-bond acceptors (Lipinski definition) is 4. The Balaban J connectivity index is 1.68. The molecule has 4 nitrogen and oxygen atoms in total. The summed E-state index contributed by atoms with van der Waals surface area (Å²) in [5.41, 5.74) is 2.90. The molecular formula is C28H28N2O2. The monoisotopic (exact) mass is 424 g/mol. The largest absolute Gasteiger partial charge is 0.506 e. The van der Waals surface area contributed by atoms with E-state index in [0.29, 0.717) is 17.3 Å². The third-order valence-corrected chi connectivity index (χ3v) is 6.18. The molecule has 4 heteroatoms. The second-order valence-electron chi connectivity index (χ2n) is 8.76. The average Bonchev–Trinajstić information content (AvgIpc) is 3.31. The van der Waals surface area contributed by atoms with E-state index < -0.39 is 0 Å². The minimum atomic E-state index is -0.0342. The third-order valence-electron chi connectivity index (χ3n) is 6.18. The number of phenolic OH excluding ortho intramolecular Hbond substituents is 2. The van der Waals surface area contributed by atoms with E-state index in [1.807, 2.05) is 42.5 Å². The summed E-state index contributed by atoms with van der Waals surface area (Å²) >= 11 is 0. The first-order chi connectivity index (χ1) is 15.4. The number of benzene rings is 3. The molecular weight excluding hydrogens is 396 g/mol. The Labute approximate surface area is 189 Å². The summed E-state index contributed by atoms with van der Waals surface area (Å²) in [4.78, 5) is 0. The van der Waals surface area contributed by atoms with Gasteiger partial charge in [0.15, 0.2) is 0 Å². The Bertz CT molecular complexity index is 1250. The molecule has 0 aliphatic heterocycles. The van der Waals surface area contributed by atoms with E-state index in [2.05, 4.69) is 61.4 Å². The van der Waals surface area contributed by atoms with Gasteiger partial charge in [-0.2, -0.15) is 0 Å². The van der Waals surface area contributed by atoms with Crippen LogP contribution in [0.4, 0.5) is 11.4 Å². The number of hydrogen-bond donors (Lipinski definition) is 2. The Kier molecular flexibility index (Phi) is 5.95. The van der Waals surface area contributed by atoms with Crippen molar-refractivity contribution in [3.8, 4) is 11.5 Å². The number of rotatable bonds is 6. The molecule has 0 fully saturated rings. The molecule has 3 aromatic rings. The molecule has 0 radical (unpaired) electrons. The smallest absolute Gasteiger partial charge is 0.143 e. The second kappa shape index (κ2) is 8.83. The van der Waals surface area contributed by atoms with Crippen LogP contribution < -0.4 is 0 Å². The Morgan fingerprint density at radius 2 is 1.66 bits per heavy atom. The van der Waals surface area contributed by atoms with Crippen molar-refractivity contribution in [2.24, 2.45) is 16.1 Å². The summed E-state index contributed by atoms with van der Waals surface area (Å²) in [6.07, 6.45) is 13.6. The van der Waals surface area contributed by atoms with Gasteiger partial charge in [-0.1, -0.05) is 81.5 Å². The van der Waals surface area contributed by atoms with Crippen LogP contribution in [0.5, 0.6) is 11.5 Å². The standard InChI is InChI=1S/C28H28N2O2/c1-4-28(2,3)22-13-16-25(31)24(18-22)29-30-27-23-14-11-20(10-9-19-7-5-6-8-19)17-21(23)12-15-26(27)32/h5-19,31-32H,4H2,1-3H3/b10-9+,30-29?. The fraction of sp³-hybridized carbons (Fsp3) is 0.214. The highest BCUT2D eigenvalue weighted by atomic mass is 16.3. The van der Waals surface area contributed by atoms with Crippen LogP contribution in [0.15, 0.2) is 89.1 Å². The van der Waals surface area contributed by atoms with Crippen LogP contribution >= 0.6 is 0 Å². The zero-order valence-corrected chi connectivity index (χ0v) is 18.7. The van der Waals surface area contributed by atoms with Crippen molar-refractivity contribution in [3.05, 3.63) is 90.0 Å². The van der Waals surface area contributed by atoms with E-state index in [1.165, 1.54) is 0 Å². The summed E-state index contributed by atoms with van der Waals surface area (Å²) in [7, 11) is 0. The van der Waals surface area contributed by atoms with Gasteiger partial charge in [-0.05, 0) is 52.6 Å². The molecule has 0 heterocycles. The molecule has 162 valence electrons. The topological polar surface area (TPSA) is 65.2 Å². The van der Waals surface area contributed by atoms with Crippen LogP contribution in [-0.4, -0.2) is 10.2 Å².